The van der Waals surface area contributed by atoms with Crippen LogP contribution in [0.1, 0.15) is 27.7 Å². The van der Waals surface area contributed by atoms with Crippen LogP contribution < -0.4 is 0 Å². The maximum atomic E-state index is 6.25. The van der Waals surface area contributed by atoms with Crippen molar-refractivity contribution in [3.8, 4) is 0 Å². The Morgan fingerprint density at radius 1 is 0.818 bits per heavy atom. The fourth-order valence-electron chi connectivity index (χ4n) is 1.31. The van der Waals surface area contributed by atoms with Crippen LogP contribution in [0, 0.1) is 0 Å². The Kier molecular flexibility index (Phi) is 2.25. The maximum absolute atomic E-state index is 6.25. The molecule has 0 bridgehead atoms. The SMILES string of the molecule is CC1=C(C)[Si](Cl)(Cl)C(C)=C1C. The molecule has 1 aliphatic heterocycles. The Balaban J connectivity index is 3.27. The molecule has 0 unspecified atom stereocenters. The summed E-state index contributed by atoms with van der Waals surface area (Å²) < 4.78 is 0. The Morgan fingerprint density at radius 2 is 1.09 bits per heavy atom. The molecule has 0 nitrogen and oxygen atoms in total. The quantitative estimate of drug-likeness (QED) is 0.420. The topological polar surface area (TPSA) is 0 Å². The number of rotatable bonds is 0. The molecular weight excluding hydrogens is 195 g/mol. The minimum absolute atomic E-state index is 1.20. The van der Waals surface area contributed by atoms with Crippen LogP contribution in [-0.4, -0.2) is 6.69 Å². The van der Waals surface area contributed by atoms with Crippen LogP contribution in [0.4, 0.5) is 0 Å². The summed E-state index contributed by atoms with van der Waals surface area (Å²) in [6, 6.07) is 0. The van der Waals surface area contributed by atoms with Crippen molar-refractivity contribution in [3.63, 3.8) is 0 Å². The molecule has 0 saturated carbocycles. The third-order valence-electron chi connectivity index (χ3n) is 2.63. The zero-order chi connectivity index (χ0) is 8.81. The molecule has 0 aliphatic carbocycles. The van der Waals surface area contributed by atoms with Gasteiger partial charge in [0.05, 0.1) is 0 Å². The summed E-state index contributed by atoms with van der Waals surface area (Å²) >= 11 is 12.5. The monoisotopic (exact) mass is 206 g/mol. The van der Waals surface area contributed by atoms with Gasteiger partial charge in [-0.25, -0.2) is 0 Å². The van der Waals surface area contributed by atoms with Crippen molar-refractivity contribution in [2.24, 2.45) is 0 Å². The lowest BCUT2D eigenvalue weighted by molar-refractivity contribution is 1.31. The van der Waals surface area contributed by atoms with E-state index in [2.05, 4.69) is 13.8 Å². The first-order valence-corrected chi connectivity index (χ1v) is 7.65. The van der Waals surface area contributed by atoms with Crippen LogP contribution in [-0.2, 0) is 0 Å². The average molecular weight is 207 g/mol. The Bertz CT molecular complexity index is 235. The third kappa shape index (κ3) is 1.19. The van der Waals surface area contributed by atoms with Crippen molar-refractivity contribution >= 4 is 28.9 Å². The number of halogens is 2. The summed E-state index contributed by atoms with van der Waals surface area (Å²) in [5.41, 5.74) is 2.58. The lowest BCUT2D eigenvalue weighted by atomic mass is 10.1. The van der Waals surface area contributed by atoms with Crippen molar-refractivity contribution in [2.75, 3.05) is 0 Å². The molecular formula is C8H12Cl2Si. The zero-order valence-corrected chi connectivity index (χ0v) is 9.77. The smallest absolute Gasteiger partial charge is 0.134 e. The van der Waals surface area contributed by atoms with Gasteiger partial charge in [-0.2, -0.15) is 0 Å². The highest BCUT2D eigenvalue weighted by Crippen LogP contribution is 2.42. The first-order valence-electron chi connectivity index (χ1n) is 3.63. The largest absolute Gasteiger partial charge is 0.302 e. The van der Waals surface area contributed by atoms with Gasteiger partial charge in [0, 0.05) is 0 Å². The molecule has 0 aromatic heterocycles. The van der Waals surface area contributed by atoms with Crippen molar-refractivity contribution in [3.05, 3.63) is 21.5 Å². The molecule has 0 aromatic carbocycles. The Hall–Kier alpha value is 0.277. The number of hydrogen-bond acceptors (Lipinski definition) is 0. The summed E-state index contributed by atoms with van der Waals surface area (Å²) in [6.45, 7) is 6.10. The molecule has 62 valence electrons. The fraction of sp³-hybridized carbons (Fsp3) is 0.500. The Labute approximate surface area is 78.3 Å². The van der Waals surface area contributed by atoms with E-state index in [4.69, 9.17) is 22.2 Å². The van der Waals surface area contributed by atoms with Crippen molar-refractivity contribution in [1.82, 2.24) is 0 Å². The molecule has 0 radical (unpaired) electrons. The van der Waals surface area contributed by atoms with Gasteiger partial charge in [-0.1, -0.05) is 11.1 Å². The predicted octanol–water partition coefficient (Wildman–Crippen LogP) is 3.67. The first-order chi connectivity index (χ1) is 4.89. The van der Waals surface area contributed by atoms with Crippen molar-refractivity contribution in [2.45, 2.75) is 27.7 Å². The van der Waals surface area contributed by atoms with E-state index in [0.29, 0.717) is 0 Å². The van der Waals surface area contributed by atoms with E-state index in [9.17, 15) is 0 Å². The molecule has 11 heavy (non-hydrogen) atoms. The van der Waals surface area contributed by atoms with Crippen LogP contribution in [0.15, 0.2) is 21.5 Å². The van der Waals surface area contributed by atoms with Gasteiger partial charge < -0.3 is 0 Å². The highest BCUT2D eigenvalue weighted by Gasteiger charge is 2.40. The summed E-state index contributed by atoms with van der Waals surface area (Å²) in [5, 5.41) is 2.41. The van der Waals surface area contributed by atoms with E-state index in [1.54, 1.807) is 0 Å². The second-order valence-electron chi connectivity index (χ2n) is 3.07. The lowest BCUT2D eigenvalue weighted by Gasteiger charge is -2.12. The molecule has 0 aromatic rings. The highest BCUT2D eigenvalue weighted by molar-refractivity contribution is 7.51. The van der Waals surface area contributed by atoms with Gasteiger partial charge in [0.2, 0.25) is 0 Å². The molecule has 0 amide bonds. The maximum Gasteiger partial charge on any atom is 0.302 e. The van der Waals surface area contributed by atoms with Gasteiger partial charge in [0.25, 0.3) is 0 Å². The minimum atomic E-state index is -2.17. The number of allylic oxidation sites excluding steroid dienone is 4. The molecule has 0 spiro atoms. The van der Waals surface area contributed by atoms with Crippen LogP contribution in [0.5, 0.6) is 0 Å². The fourth-order valence-corrected chi connectivity index (χ4v) is 4.90. The van der Waals surface area contributed by atoms with Crippen LogP contribution >= 0.6 is 22.2 Å². The van der Waals surface area contributed by atoms with Crippen molar-refractivity contribution < 1.29 is 0 Å². The first kappa shape index (κ1) is 9.37. The molecule has 1 rings (SSSR count). The van der Waals surface area contributed by atoms with Gasteiger partial charge in [-0.15, -0.1) is 22.2 Å². The molecule has 0 atom stereocenters. The second-order valence-corrected chi connectivity index (χ2v) is 9.71. The van der Waals surface area contributed by atoms with E-state index in [-0.39, 0.29) is 0 Å². The standard InChI is InChI=1S/C8H12Cl2Si/c1-5-6(2)8(4)11(9,10)7(5)3/h1-4H3. The molecule has 0 fully saturated rings. The summed E-state index contributed by atoms with van der Waals surface area (Å²) in [4.78, 5) is 0. The van der Waals surface area contributed by atoms with Crippen molar-refractivity contribution in [1.29, 1.82) is 0 Å². The van der Waals surface area contributed by atoms with Gasteiger partial charge in [-0.05, 0) is 38.1 Å². The minimum Gasteiger partial charge on any atom is -0.134 e. The molecule has 3 heteroatoms. The van der Waals surface area contributed by atoms with E-state index in [1.165, 1.54) is 21.5 Å². The Morgan fingerprint density at radius 3 is 1.18 bits per heavy atom. The summed E-state index contributed by atoms with van der Waals surface area (Å²) in [7, 11) is 0. The zero-order valence-electron chi connectivity index (χ0n) is 7.26. The second kappa shape index (κ2) is 2.65. The average Bonchev–Trinajstić information content (AvgIpc) is 2.06. The lowest BCUT2D eigenvalue weighted by Crippen LogP contribution is -2.20. The van der Waals surface area contributed by atoms with Crippen LogP contribution in [0.3, 0.4) is 0 Å². The van der Waals surface area contributed by atoms with E-state index in [1.807, 2.05) is 13.8 Å². The summed E-state index contributed by atoms with van der Waals surface area (Å²) in [6.07, 6.45) is 0. The van der Waals surface area contributed by atoms with Crippen LogP contribution in [0.25, 0.3) is 0 Å². The molecule has 0 saturated heterocycles. The number of hydrogen-bond donors (Lipinski definition) is 0. The van der Waals surface area contributed by atoms with E-state index < -0.39 is 6.69 Å². The highest BCUT2D eigenvalue weighted by atomic mass is 35.7. The molecule has 0 N–H and O–H groups in total. The van der Waals surface area contributed by atoms with E-state index in [0.717, 1.165) is 0 Å². The van der Waals surface area contributed by atoms with Gasteiger partial charge in [-0.3, -0.25) is 0 Å². The van der Waals surface area contributed by atoms with Gasteiger partial charge in [0.1, 0.15) is 0 Å². The summed E-state index contributed by atoms with van der Waals surface area (Å²) in [5.74, 6) is 0. The normalized spacial score (nSPS) is 23.5. The van der Waals surface area contributed by atoms with Gasteiger partial charge in [0.15, 0.2) is 0 Å². The van der Waals surface area contributed by atoms with Gasteiger partial charge >= 0.3 is 6.69 Å². The molecule has 1 aliphatic rings. The van der Waals surface area contributed by atoms with Crippen LogP contribution in [0.2, 0.25) is 0 Å². The van der Waals surface area contributed by atoms with E-state index >= 15 is 0 Å². The predicted molar refractivity (Wildman–Crippen MR) is 54.2 cm³/mol. The molecule has 1 heterocycles. The third-order valence-corrected chi connectivity index (χ3v) is 8.67.